The second-order valence-corrected chi connectivity index (χ2v) is 14.6. The van der Waals surface area contributed by atoms with Gasteiger partial charge in [-0.3, -0.25) is 0 Å². The first kappa shape index (κ1) is 31.9. The van der Waals surface area contributed by atoms with Gasteiger partial charge in [0.1, 0.15) is 0 Å². The minimum Gasteiger partial charge on any atom is -0.504 e. The first-order valence-corrected chi connectivity index (χ1v) is 18.3. The number of phenols is 4. The molecule has 0 saturated carbocycles. The van der Waals surface area contributed by atoms with E-state index in [0.29, 0.717) is 0 Å². The molecule has 0 spiro atoms. The van der Waals surface area contributed by atoms with Gasteiger partial charge < -0.3 is 20.4 Å². The maximum atomic E-state index is 10.8. The Morgan fingerprint density at radius 2 is 0.870 bits per heavy atom. The van der Waals surface area contributed by atoms with E-state index in [1.54, 1.807) is 24.3 Å². The molecule has 0 aliphatic heterocycles. The Labute approximate surface area is 313 Å². The van der Waals surface area contributed by atoms with Crippen molar-refractivity contribution in [3.63, 3.8) is 0 Å². The summed E-state index contributed by atoms with van der Waals surface area (Å²) in [6.07, 6.45) is 8.79. The van der Waals surface area contributed by atoms with Crippen molar-refractivity contribution in [3.8, 4) is 45.3 Å². The molecule has 54 heavy (non-hydrogen) atoms. The highest BCUT2D eigenvalue weighted by atomic mass is 16.3. The van der Waals surface area contributed by atoms with Crippen LogP contribution in [0.4, 0.5) is 0 Å². The summed E-state index contributed by atoms with van der Waals surface area (Å²) in [5.74, 6) is -0.328. The molecule has 7 aromatic rings. The van der Waals surface area contributed by atoms with Gasteiger partial charge in [-0.05, 0) is 91.0 Å². The van der Waals surface area contributed by atoms with Gasteiger partial charge in [-0.25, -0.2) is 0 Å². The van der Waals surface area contributed by atoms with Crippen molar-refractivity contribution >= 4 is 0 Å². The van der Waals surface area contributed by atoms with Crippen LogP contribution in [-0.4, -0.2) is 20.4 Å². The van der Waals surface area contributed by atoms with Crippen molar-refractivity contribution in [1.29, 1.82) is 0 Å². The van der Waals surface area contributed by atoms with Crippen molar-refractivity contribution < 1.29 is 20.4 Å². The van der Waals surface area contributed by atoms with Crippen molar-refractivity contribution in [3.05, 3.63) is 227 Å². The molecular formula is C50H36O4. The Morgan fingerprint density at radius 1 is 0.389 bits per heavy atom. The summed E-state index contributed by atoms with van der Waals surface area (Å²) in [6, 6.07) is 53.4. The Bertz CT molecular complexity index is 2620. The van der Waals surface area contributed by atoms with E-state index in [-0.39, 0.29) is 34.8 Å². The van der Waals surface area contributed by atoms with Gasteiger partial charge >= 0.3 is 0 Å². The van der Waals surface area contributed by atoms with Crippen LogP contribution in [0.3, 0.4) is 0 Å². The summed E-state index contributed by atoms with van der Waals surface area (Å²) < 4.78 is 0. The van der Waals surface area contributed by atoms with Crippen LogP contribution in [-0.2, 0) is 10.8 Å². The first-order chi connectivity index (χ1) is 26.4. The van der Waals surface area contributed by atoms with E-state index in [1.165, 1.54) is 11.1 Å². The molecule has 0 bridgehead atoms. The molecular weight excluding hydrogens is 665 g/mol. The molecule has 0 heterocycles. The van der Waals surface area contributed by atoms with Gasteiger partial charge in [-0.1, -0.05) is 158 Å². The first-order valence-electron chi connectivity index (χ1n) is 18.3. The molecule has 0 radical (unpaired) electrons. The Morgan fingerprint density at radius 3 is 1.48 bits per heavy atom. The fourth-order valence-electron chi connectivity index (χ4n) is 9.89. The number of phenolic OH excluding ortho intramolecular Hbond substituents is 4. The SMILES string of the molecule is Oc1ccc(C2(c3ccc(-c4ccc(C5(c6ccc(O)c(O)c6)c6ccccc6C6C=CC=CC65)cc4)cc3)c3ccccc3-c3ccccc32)cc1O. The van der Waals surface area contributed by atoms with E-state index in [9.17, 15) is 20.4 Å². The zero-order valence-corrected chi connectivity index (χ0v) is 29.3. The van der Waals surface area contributed by atoms with Gasteiger partial charge in [-0.15, -0.1) is 0 Å². The average Bonchev–Trinajstić information content (AvgIpc) is 3.69. The van der Waals surface area contributed by atoms with E-state index < -0.39 is 10.8 Å². The van der Waals surface area contributed by atoms with Gasteiger partial charge in [-0.2, -0.15) is 0 Å². The van der Waals surface area contributed by atoms with Crippen molar-refractivity contribution in [2.45, 2.75) is 16.7 Å². The predicted molar refractivity (Wildman–Crippen MR) is 213 cm³/mol. The highest BCUT2D eigenvalue weighted by molar-refractivity contribution is 5.86. The molecule has 3 aliphatic rings. The molecule has 3 aliphatic carbocycles. The molecule has 4 nitrogen and oxygen atoms in total. The second kappa shape index (κ2) is 11.9. The van der Waals surface area contributed by atoms with Crippen LogP contribution in [0, 0.1) is 5.92 Å². The number of fused-ring (bicyclic) bond motifs is 6. The van der Waals surface area contributed by atoms with Crippen LogP contribution in [0.25, 0.3) is 22.3 Å². The lowest BCUT2D eigenvalue weighted by atomic mass is 9.63. The van der Waals surface area contributed by atoms with E-state index >= 15 is 0 Å². The molecule has 4 N–H and O–H groups in total. The molecule has 3 atom stereocenters. The van der Waals surface area contributed by atoms with Gasteiger partial charge in [0.2, 0.25) is 0 Å². The lowest BCUT2D eigenvalue weighted by molar-refractivity contribution is 0.398. The van der Waals surface area contributed by atoms with Crippen molar-refractivity contribution in [2.24, 2.45) is 5.92 Å². The van der Waals surface area contributed by atoms with Crippen LogP contribution in [0.2, 0.25) is 0 Å². The fraction of sp³-hybridized carbons (Fsp3) is 0.0800. The highest BCUT2D eigenvalue weighted by Gasteiger charge is 2.53. The number of rotatable bonds is 5. The number of aromatic hydroxyl groups is 4. The van der Waals surface area contributed by atoms with Crippen LogP contribution in [0.15, 0.2) is 182 Å². The van der Waals surface area contributed by atoms with Gasteiger partial charge in [0.05, 0.1) is 10.8 Å². The number of hydrogen-bond acceptors (Lipinski definition) is 4. The topological polar surface area (TPSA) is 80.9 Å². The average molecular weight is 701 g/mol. The molecule has 260 valence electrons. The van der Waals surface area contributed by atoms with Crippen LogP contribution in [0.1, 0.15) is 50.4 Å². The molecule has 3 unspecified atom stereocenters. The van der Waals surface area contributed by atoms with E-state index in [4.69, 9.17) is 0 Å². The monoisotopic (exact) mass is 700 g/mol. The zero-order valence-electron chi connectivity index (χ0n) is 29.3. The molecule has 7 aromatic carbocycles. The molecule has 4 heteroatoms. The summed E-state index contributed by atoms with van der Waals surface area (Å²) >= 11 is 0. The van der Waals surface area contributed by atoms with Crippen LogP contribution in [0.5, 0.6) is 23.0 Å². The van der Waals surface area contributed by atoms with Crippen LogP contribution >= 0.6 is 0 Å². The standard InChI is InChI=1S/C50H36O4/c51-45-27-25-35(29-47(45)53)49(41-13-5-1-9-37(41)38-10-2-6-14-42(38)49)33-21-17-31(18-22-33)32-19-23-34(24-20-32)50(36-26-28-46(52)48(54)30-36)43-15-7-3-11-39(43)40-12-4-8-16-44(40)50/h1-30,37,41,51-54H. The summed E-state index contributed by atoms with van der Waals surface area (Å²) in [5, 5.41) is 42.2. The lowest BCUT2D eigenvalue weighted by Gasteiger charge is -2.39. The smallest absolute Gasteiger partial charge is 0.157 e. The second-order valence-electron chi connectivity index (χ2n) is 14.6. The summed E-state index contributed by atoms with van der Waals surface area (Å²) in [5.41, 5.74) is 11.8. The highest BCUT2D eigenvalue weighted by Crippen LogP contribution is 2.60. The summed E-state index contributed by atoms with van der Waals surface area (Å²) in [4.78, 5) is 0. The van der Waals surface area contributed by atoms with E-state index in [2.05, 4.69) is 146 Å². The lowest BCUT2D eigenvalue weighted by Crippen LogP contribution is -2.35. The largest absolute Gasteiger partial charge is 0.504 e. The van der Waals surface area contributed by atoms with Gasteiger partial charge in [0.15, 0.2) is 23.0 Å². The normalized spacial score (nSPS) is 19.9. The molecule has 0 fully saturated rings. The van der Waals surface area contributed by atoms with Crippen molar-refractivity contribution in [2.75, 3.05) is 0 Å². The zero-order chi connectivity index (χ0) is 36.6. The third kappa shape index (κ3) is 4.31. The minimum atomic E-state index is -0.711. The molecule has 0 aromatic heterocycles. The minimum absolute atomic E-state index is 0.0710. The Balaban J connectivity index is 1.10. The number of benzene rings is 7. The van der Waals surface area contributed by atoms with Gasteiger partial charge in [0.25, 0.3) is 0 Å². The third-order valence-electron chi connectivity index (χ3n) is 12.2. The molecule has 0 saturated heterocycles. The fourth-order valence-corrected chi connectivity index (χ4v) is 9.89. The summed E-state index contributed by atoms with van der Waals surface area (Å²) in [7, 11) is 0. The van der Waals surface area contributed by atoms with Crippen molar-refractivity contribution in [1.82, 2.24) is 0 Å². The number of allylic oxidation sites excluding steroid dienone is 4. The molecule has 0 amide bonds. The van der Waals surface area contributed by atoms with Crippen LogP contribution < -0.4 is 0 Å². The molecule has 10 rings (SSSR count). The summed E-state index contributed by atoms with van der Waals surface area (Å²) in [6.45, 7) is 0. The van der Waals surface area contributed by atoms with Gasteiger partial charge in [0, 0.05) is 11.8 Å². The predicted octanol–water partition coefficient (Wildman–Crippen LogP) is 10.7. The Hall–Kier alpha value is -6.78. The maximum absolute atomic E-state index is 10.8. The van der Waals surface area contributed by atoms with E-state index in [0.717, 1.165) is 55.6 Å². The maximum Gasteiger partial charge on any atom is 0.157 e. The third-order valence-corrected chi connectivity index (χ3v) is 12.2. The number of hydrogen-bond donors (Lipinski definition) is 4. The Kier molecular flexibility index (Phi) is 7.02. The van der Waals surface area contributed by atoms with E-state index in [1.807, 2.05) is 12.1 Å². The quantitative estimate of drug-likeness (QED) is 0.135.